The second kappa shape index (κ2) is 7.19. The Bertz CT molecular complexity index is 7630. The molecule has 0 bridgehead atoms. The van der Waals surface area contributed by atoms with Gasteiger partial charge in [0.2, 0.25) is 0 Å². The Balaban J connectivity index is 1.12. The zero-order valence-electron chi connectivity index (χ0n) is 40.2. The molecule has 2 spiro atoms. The Kier molecular flexibility index (Phi) is 2.83. The molecule has 0 N–H and O–H groups in total. The van der Waals surface area contributed by atoms with E-state index in [4.69, 9.17) is 9.47 Å². The van der Waals surface area contributed by atoms with Gasteiger partial charge in [-0.1, -0.05) is 30.3 Å². The molecular formula is C73H13NO4. The molecule has 1 aliphatic heterocycles. The maximum absolute atomic E-state index is 16.5. The lowest BCUT2D eigenvalue weighted by molar-refractivity contribution is -0.140. The first kappa shape index (κ1) is 30.6. The quantitative estimate of drug-likeness (QED) is 0.130. The largest absolute Gasteiger partial charge is 0.466 e. The monoisotopic (exact) mass is 967 g/mol. The van der Waals surface area contributed by atoms with Gasteiger partial charge in [-0.05, 0) is 308 Å². The van der Waals surface area contributed by atoms with Crippen LogP contribution in [0.15, 0.2) is 41.6 Å². The van der Waals surface area contributed by atoms with Crippen molar-refractivity contribution in [2.45, 2.75) is 17.5 Å². The Labute approximate surface area is 425 Å². The SMILES string of the molecule is COC(=O)C1=C(C(=O)OC)C23c4c5c6c7c8c9c(c%10c%11c2c2c4c4c%12c5c5c6c6c8c8c%13c9c9c%10c%10c%11c%11c2c2c4c4c%12c%12c5c5c6c8c6c8c%13c9c9c%10c%10c%11c2c2c4c4c%12c5c6c5c8c9c%10c2c45)C73N1Cc1ccccc1. The topological polar surface area (TPSA) is 55.8 Å². The maximum atomic E-state index is 16.5. The Morgan fingerprint density at radius 2 is 0.526 bits per heavy atom. The van der Waals surface area contributed by atoms with Crippen molar-refractivity contribution in [2.75, 3.05) is 14.2 Å². The highest BCUT2D eigenvalue weighted by atomic mass is 16.5. The van der Waals surface area contributed by atoms with E-state index < -0.39 is 22.9 Å². The number of methoxy groups -OCH3 is 2. The van der Waals surface area contributed by atoms with Gasteiger partial charge in [0.05, 0.1) is 25.2 Å². The van der Waals surface area contributed by atoms with Gasteiger partial charge in [-0.15, -0.1) is 0 Å². The van der Waals surface area contributed by atoms with Crippen LogP contribution in [-0.2, 0) is 36.6 Å². The summed E-state index contributed by atoms with van der Waals surface area (Å²) in [7, 11) is 3.08. The molecule has 29 aromatic carbocycles. The highest BCUT2D eigenvalue weighted by Gasteiger charge is 2.78. The summed E-state index contributed by atoms with van der Waals surface area (Å²) in [5.74, 6) is -0.898. The summed E-state index contributed by atoms with van der Waals surface area (Å²) >= 11 is 0. The van der Waals surface area contributed by atoms with Crippen molar-refractivity contribution in [2.24, 2.45) is 0 Å². The van der Waals surface area contributed by atoms with Crippen LogP contribution in [0.1, 0.15) is 27.8 Å². The zero-order valence-corrected chi connectivity index (χ0v) is 40.2. The van der Waals surface area contributed by atoms with E-state index in [0.717, 1.165) is 5.56 Å². The van der Waals surface area contributed by atoms with E-state index in [9.17, 15) is 0 Å². The van der Waals surface area contributed by atoms with E-state index in [0.29, 0.717) is 17.8 Å². The van der Waals surface area contributed by atoms with E-state index >= 15 is 9.59 Å². The van der Waals surface area contributed by atoms with Gasteiger partial charge in [0.15, 0.2) is 0 Å². The van der Waals surface area contributed by atoms with Crippen LogP contribution in [0.2, 0.25) is 0 Å². The van der Waals surface area contributed by atoms with E-state index in [2.05, 4.69) is 35.2 Å². The number of benzene rings is 19. The normalized spacial score (nSPS) is 21.4. The van der Waals surface area contributed by atoms with Crippen LogP contribution in [0.3, 0.4) is 0 Å². The van der Waals surface area contributed by atoms with Crippen LogP contribution >= 0.6 is 0 Å². The molecule has 5 nitrogen and oxygen atoms in total. The van der Waals surface area contributed by atoms with Crippen molar-refractivity contribution in [1.82, 2.24) is 4.90 Å². The number of ether oxygens (including phenoxy) is 2. The molecule has 0 atom stereocenters. The maximum Gasteiger partial charge on any atom is 0.354 e. The number of carbonyl (C=O) groups is 2. The fraction of sp³-hybridized carbons (Fsp3) is 0.0685. The fourth-order valence-electron chi connectivity index (χ4n) is 26.2. The first-order chi connectivity index (χ1) is 38.7. The molecule has 0 unspecified atom stereocenters. The minimum absolute atomic E-state index is 0.364. The van der Waals surface area contributed by atoms with Gasteiger partial charge in [0, 0.05) is 17.7 Å². The summed E-state index contributed by atoms with van der Waals surface area (Å²) in [6.45, 7) is 0.408. The summed E-state index contributed by atoms with van der Waals surface area (Å²) in [4.78, 5) is 34.9. The van der Waals surface area contributed by atoms with Crippen molar-refractivity contribution in [1.29, 1.82) is 0 Å². The molecule has 0 saturated heterocycles. The first-order valence-corrected chi connectivity index (χ1v) is 28.2. The molecule has 0 saturated carbocycles. The molecule has 0 fully saturated rings. The van der Waals surface area contributed by atoms with Gasteiger partial charge in [0.25, 0.3) is 0 Å². The van der Waals surface area contributed by atoms with Crippen LogP contribution in [0.25, 0.3) is 291 Å². The number of carbonyl (C=O) groups excluding carboxylic acids is 2. The summed E-state index contributed by atoms with van der Waals surface area (Å²) < 4.78 is 12.6. The standard InChI is InChI=1S/C73H13NO4/c1-77-70(75)68-69(71(76)78-2)74(8-9-6-4-3-5-7-9)73-66-60-54-44-32-24-16-12-10-11-14-18(16)26(32)36-30-22(14)23-15(11)19-17-13(10)21-20(12)28-34(24)42-48-38(28)39-29(21)35-25(17)33-27(19)37-31(23)41-40(30)52(46(36)54)62(66)63-53(41)47(37)55-45(33)51-43(35)49(39)57-56(48)64(58(60)50(42)44)72(68,73)65(57)59(51)61(55)67(63)73/h3-7H,8H2,1-2H3. The molecule has 0 amide bonds. The summed E-state index contributed by atoms with van der Waals surface area (Å²) in [5, 5.41) is 80.2. The molecule has 5 heteroatoms. The molecular weight excluding hydrogens is 955 g/mol. The summed E-state index contributed by atoms with van der Waals surface area (Å²) in [6.07, 6.45) is 0. The van der Waals surface area contributed by atoms with E-state index in [1.165, 1.54) is 256 Å². The van der Waals surface area contributed by atoms with Crippen LogP contribution in [0.4, 0.5) is 0 Å². The van der Waals surface area contributed by atoms with Crippen LogP contribution in [0, 0.1) is 0 Å². The predicted octanol–water partition coefficient (Wildman–Crippen LogP) is 17.4. The van der Waals surface area contributed by atoms with Crippen molar-refractivity contribution in [3.63, 3.8) is 0 Å². The highest BCUT2D eigenvalue weighted by molar-refractivity contribution is 6.82. The van der Waals surface area contributed by atoms with Gasteiger partial charge in [-0.25, -0.2) is 9.59 Å². The number of hydrogen-bond acceptors (Lipinski definition) is 5. The van der Waals surface area contributed by atoms with Crippen molar-refractivity contribution >= 4 is 303 Å². The smallest absolute Gasteiger partial charge is 0.354 e. The van der Waals surface area contributed by atoms with Gasteiger partial charge in [0.1, 0.15) is 11.2 Å². The summed E-state index contributed by atoms with van der Waals surface area (Å²) in [6, 6.07) is 10.8. The third kappa shape index (κ3) is 1.69. The average molecular weight is 968 g/mol. The molecule has 0 radical (unpaired) electrons. The van der Waals surface area contributed by atoms with E-state index in [-0.39, 0.29) is 0 Å². The summed E-state index contributed by atoms with van der Waals surface area (Å²) in [5.41, 5.74) is 4.92. The predicted molar refractivity (Wildman–Crippen MR) is 317 cm³/mol. The number of nitrogens with zero attached hydrogens (tertiary/aromatic N) is 1. The number of rotatable bonds is 4. The number of hydrogen-bond donors (Lipinski definition) is 0. The van der Waals surface area contributed by atoms with Crippen LogP contribution in [0.5, 0.6) is 0 Å². The molecule has 0 aromatic heterocycles. The van der Waals surface area contributed by atoms with E-state index in [1.807, 2.05) is 0 Å². The highest BCUT2D eigenvalue weighted by Crippen LogP contribution is 2.87. The molecule has 34 rings (SSSR count). The minimum Gasteiger partial charge on any atom is -0.466 e. The van der Waals surface area contributed by atoms with Gasteiger partial charge < -0.3 is 14.4 Å². The lowest BCUT2D eigenvalue weighted by Crippen LogP contribution is -2.58. The lowest BCUT2D eigenvalue weighted by atomic mass is 9.51. The van der Waals surface area contributed by atoms with E-state index in [1.54, 1.807) is 71.7 Å². The first-order valence-electron chi connectivity index (χ1n) is 28.2. The third-order valence-electron chi connectivity index (χ3n) is 26.5. The Morgan fingerprint density at radius 3 is 0.756 bits per heavy atom. The third-order valence-corrected chi connectivity index (χ3v) is 26.5. The van der Waals surface area contributed by atoms with Crippen LogP contribution in [-0.4, -0.2) is 31.1 Å². The van der Waals surface area contributed by atoms with Crippen molar-refractivity contribution in [3.05, 3.63) is 69.4 Å². The Morgan fingerprint density at radius 1 is 0.308 bits per heavy atom. The molecule has 5 aliphatic rings. The second-order valence-corrected chi connectivity index (χ2v) is 27.0. The zero-order chi connectivity index (χ0) is 47.6. The lowest BCUT2D eigenvalue weighted by Gasteiger charge is -2.54. The Hall–Kier alpha value is -9.84. The molecule has 1 heterocycles. The minimum atomic E-state index is -1.18. The molecule has 29 aromatic rings. The molecule has 4 aliphatic carbocycles. The fourth-order valence-corrected chi connectivity index (χ4v) is 26.2. The van der Waals surface area contributed by atoms with Gasteiger partial charge >= 0.3 is 11.9 Å². The molecule has 78 heavy (non-hydrogen) atoms. The van der Waals surface area contributed by atoms with Crippen molar-refractivity contribution < 1.29 is 19.1 Å². The van der Waals surface area contributed by atoms with Gasteiger partial charge in [-0.3, -0.25) is 0 Å². The number of esters is 2. The van der Waals surface area contributed by atoms with Gasteiger partial charge in [-0.2, -0.15) is 0 Å². The van der Waals surface area contributed by atoms with Crippen LogP contribution < -0.4 is 0 Å². The second-order valence-electron chi connectivity index (χ2n) is 27.0. The average Bonchev–Trinajstić information content (AvgIpc) is 2.16. The molecule has 334 valence electrons. The van der Waals surface area contributed by atoms with Crippen molar-refractivity contribution in [3.8, 4) is 0 Å².